The third-order valence-corrected chi connectivity index (χ3v) is 5.01. The van der Waals surface area contributed by atoms with Crippen molar-refractivity contribution in [1.29, 1.82) is 0 Å². The molecule has 0 aliphatic carbocycles. The molecule has 0 atom stereocenters. The van der Waals surface area contributed by atoms with Crippen LogP contribution in [0.4, 0.5) is 0 Å². The van der Waals surface area contributed by atoms with Crippen LogP contribution < -0.4 is 0 Å². The fraction of sp³-hybridized carbons (Fsp3) is 0.818. The number of esters is 2. The average molecular weight is 351 g/mol. The van der Waals surface area contributed by atoms with Gasteiger partial charge in [-0.2, -0.15) is 0 Å². The second kappa shape index (κ2) is 15.2. The number of allylic oxidation sites excluding steroid dienone is 1. The molecule has 1 heterocycles. The highest BCUT2D eigenvalue weighted by atomic mass is 16.6. The van der Waals surface area contributed by atoms with Crippen molar-refractivity contribution < 1.29 is 14.3 Å². The zero-order chi connectivity index (χ0) is 18.2. The lowest BCUT2D eigenvalue weighted by Gasteiger charge is -2.17. The first-order chi connectivity index (χ1) is 12.3. The molecule has 0 radical (unpaired) electrons. The summed E-state index contributed by atoms with van der Waals surface area (Å²) < 4.78 is 4.31. The van der Waals surface area contributed by atoms with Crippen LogP contribution in [0.1, 0.15) is 110 Å². The molecule has 0 amide bonds. The van der Waals surface area contributed by atoms with E-state index in [1.54, 1.807) is 6.08 Å². The largest absolute Gasteiger partial charge is 0.391 e. The van der Waals surface area contributed by atoms with Crippen molar-refractivity contribution in [3.05, 3.63) is 12.2 Å². The van der Waals surface area contributed by atoms with E-state index < -0.39 is 17.9 Å². The normalized spacial score (nSPS) is 14.9. The van der Waals surface area contributed by atoms with E-state index in [2.05, 4.69) is 11.7 Å². The van der Waals surface area contributed by atoms with E-state index in [1.165, 1.54) is 89.9 Å². The summed E-state index contributed by atoms with van der Waals surface area (Å²) in [5.74, 6) is -1.42. The predicted octanol–water partition coefficient (Wildman–Crippen LogP) is 6.50. The number of unbranched alkanes of at least 4 members (excludes halogenated alkanes) is 15. The van der Waals surface area contributed by atoms with Gasteiger partial charge in [-0.3, -0.25) is 9.59 Å². The number of rotatable bonds is 17. The van der Waals surface area contributed by atoms with Crippen molar-refractivity contribution in [2.24, 2.45) is 5.92 Å². The molecule has 144 valence electrons. The Labute approximate surface area is 154 Å². The first-order valence-corrected chi connectivity index (χ1v) is 10.7. The van der Waals surface area contributed by atoms with Crippen LogP contribution in [0, 0.1) is 5.92 Å². The lowest BCUT2D eigenvalue weighted by Crippen LogP contribution is -2.39. The SMILES string of the molecule is CCCCCCCCCCCCCCCCC/C=C/C1C(=O)OC1=O. The van der Waals surface area contributed by atoms with Gasteiger partial charge in [-0.15, -0.1) is 0 Å². The molecule has 3 heteroatoms. The molecule has 0 saturated carbocycles. The van der Waals surface area contributed by atoms with Crippen LogP contribution in [-0.2, 0) is 14.3 Å². The van der Waals surface area contributed by atoms with Gasteiger partial charge in [-0.05, 0) is 12.8 Å². The summed E-state index contributed by atoms with van der Waals surface area (Å²) in [7, 11) is 0. The number of ether oxygens (including phenoxy) is 1. The number of carbonyl (C=O) groups is 2. The molecule has 3 nitrogen and oxygen atoms in total. The molecule has 1 aliphatic rings. The van der Waals surface area contributed by atoms with E-state index in [1.807, 2.05) is 6.08 Å². The minimum absolute atomic E-state index is 0.405. The van der Waals surface area contributed by atoms with Crippen LogP contribution in [0.2, 0.25) is 0 Å². The second-order valence-corrected chi connectivity index (χ2v) is 7.38. The minimum atomic E-state index is -0.614. The van der Waals surface area contributed by atoms with Gasteiger partial charge in [0.25, 0.3) is 0 Å². The fourth-order valence-corrected chi connectivity index (χ4v) is 3.29. The summed E-state index contributed by atoms with van der Waals surface area (Å²) in [6.45, 7) is 2.27. The van der Waals surface area contributed by atoms with E-state index in [0.717, 1.165) is 12.8 Å². The molecule has 1 aliphatic heterocycles. The average Bonchev–Trinajstić information content (AvgIpc) is 2.60. The van der Waals surface area contributed by atoms with Crippen LogP contribution in [0.25, 0.3) is 0 Å². The van der Waals surface area contributed by atoms with Crippen LogP contribution >= 0.6 is 0 Å². The molecule has 0 bridgehead atoms. The monoisotopic (exact) mass is 350 g/mol. The molecule has 0 aromatic rings. The summed E-state index contributed by atoms with van der Waals surface area (Å²) >= 11 is 0. The van der Waals surface area contributed by atoms with Gasteiger partial charge in [-0.1, -0.05) is 109 Å². The van der Waals surface area contributed by atoms with Crippen molar-refractivity contribution in [3.8, 4) is 0 Å². The van der Waals surface area contributed by atoms with Crippen molar-refractivity contribution in [1.82, 2.24) is 0 Å². The molecule has 1 fully saturated rings. The topological polar surface area (TPSA) is 43.4 Å². The molecule has 0 aromatic heterocycles. The third kappa shape index (κ3) is 11.2. The molecule has 1 saturated heterocycles. The highest BCUT2D eigenvalue weighted by molar-refractivity contribution is 6.11. The van der Waals surface area contributed by atoms with Crippen molar-refractivity contribution in [2.75, 3.05) is 0 Å². The van der Waals surface area contributed by atoms with Gasteiger partial charge < -0.3 is 4.74 Å². The number of carbonyl (C=O) groups excluding carboxylic acids is 2. The van der Waals surface area contributed by atoms with E-state index in [-0.39, 0.29) is 0 Å². The Balaban J connectivity index is 1.73. The Hall–Kier alpha value is -1.12. The molecule has 0 spiro atoms. The Bertz CT molecular complexity index is 373. The van der Waals surface area contributed by atoms with E-state index >= 15 is 0 Å². The predicted molar refractivity (Wildman–Crippen MR) is 103 cm³/mol. The van der Waals surface area contributed by atoms with Gasteiger partial charge in [0.2, 0.25) is 0 Å². The van der Waals surface area contributed by atoms with Crippen molar-refractivity contribution >= 4 is 11.9 Å². The molecular formula is C22H38O3. The summed E-state index contributed by atoms with van der Waals surface area (Å²) in [4.78, 5) is 21.9. The molecule has 0 unspecified atom stereocenters. The third-order valence-electron chi connectivity index (χ3n) is 5.01. The standard InChI is InChI=1S/C22H38O3/c1-2-3-4-5-6-7-8-9-10-11-12-13-14-15-16-17-18-19-20-21(23)25-22(20)24/h18-20H,2-17H2,1H3/b19-18+. The summed E-state index contributed by atoms with van der Waals surface area (Å²) in [6.07, 6.45) is 25.1. The van der Waals surface area contributed by atoms with Crippen LogP contribution in [0.15, 0.2) is 12.2 Å². The fourth-order valence-electron chi connectivity index (χ4n) is 3.29. The number of cyclic esters (lactones) is 2. The summed E-state index contributed by atoms with van der Waals surface area (Å²) in [5, 5.41) is 0. The molecular weight excluding hydrogens is 312 g/mol. The maximum absolute atomic E-state index is 10.9. The van der Waals surface area contributed by atoms with Gasteiger partial charge >= 0.3 is 11.9 Å². The van der Waals surface area contributed by atoms with E-state index in [9.17, 15) is 9.59 Å². The summed E-state index contributed by atoms with van der Waals surface area (Å²) in [5.41, 5.74) is 0. The number of hydrogen-bond donors (Lipinski definition) is 0. The summed E-state index contributed by atoms with van der Waals surface area (Å²) in [6, 6.07) is 0. The zero-order valence-electron chi connectivity index (χ0n) is 16.3. The van der Waals surface area contributed by atoms with Crippen LogP contribution in [0.5, 0.6) is 0 Å². The van der Waals surface area contributed by atoms with E-state index in [4.69, 9.17) is 0 Å². The zero-order valence-corrected chi connectivity index (χ0v) is 16.3. The van der Waals surface area contributed by atoms with Gasteiger partial charge in [-0.25, -0.2) is 0 Å². The maximum Gasteiger partial charge on any atom is 0.331 e. The second-order valence-electron chi connectivity index (χ2n) is 7.38. The molecule has 0 aromatic carbocycles. The lowest BCUT2D eigenvalue weighted by atomic mass is 10.0. The highest BCUT2D eigenvalue weighted by Crippen LogP contribution is 2.17. The maximum atomic E-state index is 10.9. The lowest BCUT2D eigenvalue weighted by molar-refractivity contribution is -0.180. The Morgan fingerprint density at radius 3 is 1.48 bits per heavy atom. The highest BCUT2D eigenvalue weighted by Gasteiger charge is 2.39. The van der Waals surface area contributed by atoms with E-state index in [0.29, 0.717) is 0 Å². The quantitative estimate of drug-likeness (QED) is 0.130. The molecule has 25 heavy (non-hydrogen) atoms. The van der Waals surface area contributed by atoms with Gasteiger partial charge in [0.05, 0.1) is 0 Å². The Kier molecular flexibility index (Phi) is 13.3. The van der Waals surface area contributed by atoms with Crippen LogP contribution in [0.3, 0.4) is 0 Å². The van der Waals surface area contributed by atoms with Gasteiger partial charge in [0, 0.05) is 0 Å². The minimum Gasteiger partial charge on any atom is -0.391 e. The van der Waals surface area contributed by atoms with Crippen molar-refractivity contribution in [2.45, 2.75) is 110 Å². The van der Waals surface area contributed by atoms with Crippen LogP contribution in [-0.4, -0.2) is 11.9 Å². The number of hydrogen-bond acceptors (Lipinski definition) is 3. The van der Waals surface area contributed by atoms with Gasteiger partial charge in [0.15, 0.2) is 5.92 Å². The Morgan fingerprint density at radius 1 is 0.680 bits per heavy atom. The Morgan fingerprint density at radius 2 is 1.08 bits per heavy atom. The van der Waals surface area contributed by atoms with Gasteiger partial charge in [0.1, 0.15) is 0 Å². The molecule has 1 rings (SSSR count). The molecule has 0 N–H and O–H groups in total. The smallest absolute Gasteiger partial charge is 0.331 e. The first kappa shape index (κ1) is 21.9. The van der Waals surface area contributed by atoms with Crippen molar-refractivity contribution in [3.63, 3.8) is 0 Å². The first-order valence-electron chi connectivity index (χ1n) is 10.7.